The average Bonchev–Trinajstić information content (AvgIpc) is 2.04. The van der Waals surface area contributed by atoms with Crippen LogP contribution in [0.3, 0.4) is 0 Å². The van der Waals surface area contributed by atoms with Crippen molar-refractivity contribution < 1.29 is 4.79 Å². The summed E-state index contributed by atoms with van der Waals surface area (Å²) in [7, 11) is 1.69. The Hall–Kier alpha value is -0.790. The first kappa shape index (κ1) is 8.31. The van der Waals surface area contributed by atoms with Crippen LogP contribution in [-0.2, 0) is 4.79 Å². The second kappa shape index (κ2) is 3.56. The molecule has 1 aliphatic rings. The van der Waals surface area contributed by atoms with Crippen molar-refractivity contribution in [2.75, 3.05) is 7.05 Å². The molecule has 0 aromatic rings. The zero-order valence-corrected chi connectivity index (χ0v) is 7.24. The molecule has 2 heteroatoms. The minimum absolute atomic E-state index is 0.113. The maximum Gasteiger partial charge on any atom is 0.246 e. The fourth-order valence-corrected chi connectivity index (χ4v) is 1.51. The van der Waals surface area contributed by atoms with Crippen molar-refractivity contribution in [1.82, 2.24) is 5.32 Å². The Morgan fingerprint density at radius 2 is 2.00 bits per heavy atom. The van der Waals surface area contributed by atoms with Crippen molar-refractivity contribution in [1.29, 1.82) is 0 Å². The highest BCUT2D eigenvalue weighted by atomic mass is 16.1. The minimum Gasteiger partial charge on any atom is -0.355 e. The van der Waals surface area contributed by atoms with Crippen LogP contribution in [0.5, 0.6) is 0 Å². The van der Waals surface area contributed by atoms with Crippen molar-refractivity contribution in [2.45, 2.75) is 32.6 Å². The lowest BCUT2D eigenvalue weighted by atomic mass is 9.92. The molecule has 0 radical (unpaired) electrons. The van der Waals surface area contributed by atoms with Crippen LogP contribution >= 0.6 is 0 Å². The van der Waals surface area contributed by atoms with E-state index >= 15 is 0 Å². The van der Waals surface area contributed by atoms with E-state index in [0.29, 0.717) is 0 Å². The molecule has 1 amide bonds. The molecule has 0 unspecified atom stereocenters. The highest BCUT2D eigenvalue weighted by molar-refractivity contribution is 5.94. The van der Waals surface area contributed by atoms with Gasteiger partial charge in [0.15, 0.2) is 0 Å². The Labute approximate surface area is 67.7 Å². The van der Waals surface area contributed by atoms with Gasteiger partial charge in [-0.25, -0.2) is 0 Å². The number of carbonyl (C=O) groups excluding carboxylic acids is 1. The summed E-state index contributed by atoms with van der Waals surface area (Å²) < 4.78 is 0. The summed E-state index contributed by atoms with van der Waals surface area (Å²) in [5.74, 6) is 0.113. The first-order chi connectivity index (χ1) is 5.25. The van der Waals surface area contributed by atoms with Crippen LogP contribution in [0.25, 0.3) is 0 Å². The zero-order valence-electron chi connectivity index (χ0n) is 7.24. The molecule has 0 saturated carbocycles. The summed E-state index contributed by atoms with van der Waals surface area (Å²) in [6.45, 7) is 2.06. The van der Waals surface area contributed by atoms with E-state index in [-0.39, 0.29) is 5.91 Å². The third-order valence-electron chi connectivity index (χ3n) is 2.24. The average molecular weight is 153 g/mol. The van der Waals surface area contributed by atoms with Gasteiger partial charge < -0.3 is 5.32 Å². The summed E-state index contributed by atoms with van der Waals surface area (Å²) in [5, 5.41) is 2.67. The van der Waals surface area contributed by atoms with Crippen LogP contribution in [0, 0.1) is 0 Å². The Balaban J connectivity index is 2.74. The number of hydrogen-bond acceptors (Lipinski definition) is 1. The fourth-order valence-electron chi connectivity index (χ4n) is 1.51. The summed E-state index contributed by atoms with van der Waals surface area (Å²) in [6, 6.07) is 0. The zero-order chi connectivity index (χ0) is 8.27. The molecule has 0 bridgehead atoms. The van der Waals surface area contributed by atoms with Crippen molar-refractivity contribution in [3.05, 3.63) is 11.1 Å². The lowest BCUT2D eigenvalue weighted by molar-refractivity contribution is -0.117. The third-order valence-corrected chi connectivity index (χ3v) is 2.24. The Morgan fingerprint density at radius 3 is 2.55 bits per heavy atom. The summed E-state index contributed by atoms with van der Waals surface area (Å²) >= 11 is 0. The smallest absolute Gasteiger partial charge is 0.246 e. The number of hydrogen-bond donors (Lipinski definition) is 1. The first-order valence-corrected chi connectivity index (χ1v) is 4.16. The Bertz CT molecular complexity index is 194. The molecule has 0 fully saturated rings. The largest absolute Gasteiger partial charge is 0.355 e. The van der Waals surface area contributed by atoms with E-state index in [2.05, 4.69) is 12.2 Å². The van der Waals surface area contributed by atoms with E-state index in [1.165, 1.54) is 18.4 Å². The fraction of sp³-hybridized carbons (Fsp3) is 0.667. The summed E-state index contributed by atoms with van der Waals surface area (Å²) in [6.07, 6.45) is 4.47. The molecule has 2 nitrogen and oxygen atoms in total. The van der Waals surface area contributed by atoms with Crippen LogP contribution < -0.4 is 5.32 Å². The third kappa shape index (κ3) is 1.82. The molecular formula is C9H15NO. The van der Waals surface area contributed by atoms with E-state index in [1.807, 2.05) is 0 Å². The van der Waals surface area contributed by atoms with Gasteiger partial charge in [-0.15, -0.1) is 0 Å². The Kier molecular flexibility index (Phi) is 2.69. The predicted octanol–water partition coefficient (Wildman–Crippen LogP) is 1.62. The van der Waals surface area contributed by atoms with Gasteiger partial charge >= 0.3 is 0 Å². The van der Waals surface area contributed by atoms with Gasteiger partial charge in [0.2, 0.25) is 5.91 Å². The lowest BCUT2D eigenvalue weighted by Crippen LogP contribution is -2.22. The molecule has 11 heavy (non-hydrogen) atoms. The molecule has 0 saturated heterocycles. The van der Waals surface area contributed by atoms with Gasteiger partial charge in [0.05, 0.1) is 0 Å². The van der Waals surface area contributed by atoms with Gasteiger partial charge in [-0.05, 0) is 32.6 Å². The van der Waals surface area contributed by atoms with Gasteiger partial charge in [0.25, 0.3) is 0 Å². The predicted molar refractivity (Wildman–Crippen MR) is 45.2 cm³/mol. The Morgan fingerprint density at radius 1 is 1.36 bits per heavy atom. The van der Waals surface area contributed by atoms with E-state index in [0.717, 1.165) is 18.4 Å². The van der Waals surface area contributed by atoms with Gasteiger partial charge in [0.1, 0.15) is 0 Å². The van der Waals surface area contributed by atoms with Crippen LogP contribution in [0.2, 0.25) is 0 Å². The van der Waals surface area contributed by atoms with Crippen LogP contribution in [-0.4, -0.2) is 13.0 Å². The molecule has 0 heterocycles. The van der Waals surface area contributed by atoms with Gasteiger partial charge in [-0.1, -0.05) is 5.57 Å². The molecule has 0 aromatic carbocycles. The number of amides is 1. The number of allylic oxidation sites excluding steroid dienone is 1. The summed E-state index contributed by atoms with van der Waals surface area (Å²) in [5.41, 5.74) is 2.29. The quantitative estimate of drug-likeness (QED) is 0.609. The minimum atomic E-state index is 0.113. The number of carbonyl (C=O) groups is 1. The van der Waals surface area contributed by atoms with Crippen LogP contribution in [0.1, 0.15) is 32.6 Å². The monoisotopic (exact) mass is 153 g/mol. The van der Waals surface area contributed by atoms with Crippen molar-refractivity contribution in [3.8, 4) is 0 Å². The highest BCUT2D eigenvalue weighted by Gasteiger charge is 2.14. The van der Waals surface area contributed by atoms with Crippen molar-refractivity contribution in [2.24, 2.45) is 0 Å². The normalized spacial score (nSPS) is 18.4. The van der Waals surface area contributed by atoms with Crippen molar-refractivity contribution >= 4 is 5.91 Å². The molecule has 0 atom stereocenters. The highest BCUT2D eigenvalue weighted by Crippen LogP contribution is 2.23. The molecular weight excluding hydrogens is 138 g/mol. The van der Waals surface area contributed by atoms with Crippen molar-refractivity contribution in [3.63, 3.8) is 0 Å². The van der Waals surface area contributed by atoms with E-state index < -0.39 is 0 Å². The van der Waals surface area contributed by atoms with Crippen LogP contribution in [0.4, 0.5) is 0 Å². The standard InChI is InChI=1S/C9H15NO/c1-7-5-3-4-6-8(7)9(11)10-2/h3-6H2,1-2H3,(H,10,11). The van der Waals surface area contributed by atoms with Crippen LogP contribution in [0.15, 0.2) is 11.1 Å². The molecule has 0 aliphatic heterocycles. The SMILES string of the molecule is CNC(=O)C1=C(C)CCCC1. The molecule has 1 N–H and O–H groups in total. The van der Waals surface area contributed by atoms with Gasteiger partial charge in [-0.3, -0.25) is 4.79 Å². The molecule has 1 aliphatic carbocycles. The molecule has 0 spiro atoms. The van der Waals surface area contributed by atoms with Gasteiger partial charge in [0, 0.05) is 12.6 Å². The number of rotatable bonds is 1. The number of nitrogens with one attached hydrogen (secondary N) is 1. The molecule has 62 valence electrons. The maximum absolute atomic E-state index is 11.2. The van der Waals surface area contributed by atoms with E-state index in [1.54, 1.807) is 7.05 Å². The van der Waals surface area contributed by atoms with E-state index in [9.17, 15) is 4.79 Å². The lowest BCUT2D eigenvalue weighted by Gasteiger charge is -2.15. The first-order valence-electron chi connectivity index (χ1n) is 4.16. The maximum atomic E-state index is 11.2. The van der Waals surface area contributed by atoms with Gasteiger partial charge in [-0.2, -0.15) is 0 Å². The second-order valence-electron chi connectivity index (χ2n) is 3.05. The molecule has 0 aromatic heterocycles. The van der Waals surface area contributed by atoms with E-state index in [4.69, 9.17) is 0 Å². The second-order valence-corrected chi connectivity index (χ2v) is 3.05. The number of likely N-dealkylation sites (N-methyl/N-ethyl adjacent to an activating group) is 1. The molecule has 1 rings (SSSR count). The summed E-state index contributed by atoms with van der Waals surface area (Å²) in [4.78, 5) is 11.2. The topological polar surface area (TPSA) is 29.1 Å².